The van der Waals surface area contributed by atoms with Gasteiger partial charge in [-0.2, -0.15) is 0 Å². The topological polar surface area (TPSA) is 94.0 Å². The largest absolute Gasteiger partial charge is 0.319 e. The molecule has 0 saturated carbocycles. The van der Waals surface area contributed by atoms with Gasteiger partial charge in [0.15, 0.2) is 15.7 Å². The second-order valence-corrected chi connectivity index (χ2v) is 9.73. The number of nitrogens with zero attached hydrogens (tertiary/aromatic N) is 3. The molecule has 1 N–H and O–H groups in total. The lowest BCUT2D eigenvalue weighted by Crippen LogP contribution is -2.14. The fraction of sp³-hybridized carbons (Fsp3) is 0.0952. The maximum atomic E-state index is 13.3. The van der Waals surface area contributed by atoms with Gasteiger partial charge in [0.2, 0.25) is 5.82 Å². The van der Waals surface area contributed by atoms with Crippen LogP contribution in [0.4, 0.5) is 10.1 Å². The SMILES string of the molecule is CCS(=O)(=O)c1ccc(NC(=O)c2nc(-c3cccs3)n(-c3ccc(F)cc3)n2)cc1. The van der Waals surface area contributed by atoms with Crippen molar-refractivity contribution in [3.63, 3.8) is 0 Å². The summed E-state index contributed by atoms with van der Waals surface area (Å²) >= 11 is 1.44. The third kappa shape index (κ3) is 4.39. The van der Waals surface area contributed by atoms with Crippen LogP contribution in [-0.4, -0.2) is 34.8 Å². The number of carbonyl (C=O) groups is 1. The Morgan fingerprint density at radius 1 is 1.10 bits per heavy atom. The van der Waals surface area contributed by atoms with Crippen LogP contribution in [-0.2, 0) is 9.84 Å². The molecule has 0 aliphatic carbocycles. The summed E-state index contributed by atoms with van der Waals surface area (Å²) in [5.41, 5.74) is 0.973. The van der Waals surface area contributed by atoms with Crippen molar-refractivity contribution in [2.24, 2.45) is 0 Å². The van der Waals surface area contributed by atoms with Gasteiger partial charge >= 0.3 is 0 Å². The van der Waals surface area contributed by atoms with E-state index in [-0.39, 0.29) is 22.3 Å². The van der Waals surface area contributed by atoms with Crippen molar-refractivity contribution in [2.75, 3.05) is 11.1 Å². The van der Waals surface area contributed by atoms with E-state index in [2.05, 4.69) is 15.4 Å². The van der Waals surface area contributed by atoms with Gasteiger partial charge in [0, 0.05) is 5.69 Å². The summed E-state index contributed by atoms with van der Waals surface area (Å²) in [4.78, 5) is 18.1. The first-order valence-electron chi connectivity index (χ1n) is 9.28. The van der Waals surface area contributed by atoms with Crippen LogP contribution in [0, 0.1) is 5.82 Å². The molecule has 10 heteroatoms. The second-order valence-electron chi connectivity index (χ2n) is 6.51. The minimum Gasteiger partial charge on any atom is -0.319 e. The molecule has 0 bridgehead atoms. The zero-order valence-corrected chi connectivity index (χ0v) is 18.0. The molecule has 0 unspecified atom stereocenters. The number of thiophene rings is 1. The molecule has 4 aromatic rings. The maximum Gasteiger partial charge on any atom is 0.295 e. The molecule has 0 saturated heterocycles. The van der Waals surface area contributed by atoms with E-state index in [0.717, 1.165) is 4.88 Å². The highest BCUT2D eigenvalue weighted by molar-refractivity contribution is 7.91. The number of amides is 1. The molecule has 0 atom stereocenters. The summed E-state index contributed by atoms with van der Waals surface area (Å²) in [5, 5.41) is 8.87. The zero-order chi connectivity index (χ0) is 22.0. The number of hydrogen-bond donors (Lipinski definition) is 1. The molecule has 0 aliphatic heterocycles. The first-order valence-corrected chi connectivity index (χ1v) is 11.8. The number of benzene rings is 2. The number of carbonyl (C=O) groups excluding carboxylic acids is 1. The molecular weight excluding hydrogens is 439 g/mol. The van der Waals surface area contributed by atoms with E-state index in [0.29, 0.717) is 17.2 Å². The summed E-state index contributed by atoms with van der Waals surface area (Å²) in [5.74, 6) is -0.554. The van der Waals surface area contributed by atoms with Gasteiger partial charge in [-0.15, -0.1) is 16.4 Å². The smallest absolute Gasteiger partial charge is 0.295 e. The third-order valence-corrected chi connectivity index (χ3v) is 7.09. The van der Waals surface area contributed by atoms with Crippen LogP contribution in [0.3, 0.4) is 0 Å². The van der Waals surface area contributed by atoms with Gasteiger partial charge in [0.05, 0.1) is 21.2 Å². The minimum absolute atomic E-state index is 0.00502. The summed E-state index contributed by atoms with van der Waals surface area (Å²) < 4.78 is 38.7. The van der Waals surface area contributed by atoms with E-state index in [1.165, 1.54) is 52.4 Å². The molecule has 2 aromatic carbocycles. The van der Waals surface area contributed by atoms with Crippen LogP contribution in [0.1, 0.15) is 17.5 Å². The van der Waals surface area contributed by atoms with Crippen LogP contribution in [0.25, 0.3) is 16.4 Å². The molecule has 0 fully saturated rings. The van der Waals surface area contributed by atoms with Gasteiger partial charge in [-0.25, -0.2) is 22.5 Å². The molecule has 0 radical (unpaired) electrons. The van der Waals surface area contributed by atoms with Crippen LogP contribution in [0.15, 0.2) is 70.9 Å². The van der Waals surface area contributed by atoms with Gasteiger partial charge in [-0.1, -0.05) is 13.0 Å². The number of rotatable bonds is 6. The summed E-state index contributed by atoms with van der Waals surface area (Å²) in [6, 6.07) is 15.3. The van der Waals surface area contributed by atoms with E-state index in [4.69, 9.17) is 0 Å². The minimum atomic E-state index is -3.32. The lowest BCUT2D eigenvalue weighted by atomic mass is 10.3. The Balaban J connectivity index is 1.64. The van der Waals surface area contributed by atoms with Gasteiger partial charge < -0.3 is 5.32 Å². The number of anilines is 1. The number of hydrogen-bond acceptors (Lipinski definition) is 6. The van der Waals surface area contributed by atoms with Crippen molar-refractivity contribution in [1.29, 1.82) is 0 Å². The Morgan fingerprint density at radius 3 is 2.42 bits per heavy atom. The molecule has 0 aliphatic rings. The monoisotopic (exact) mass is 456 g/mol. The van der Waals surface area contributed by atoms with Crippen LogP contribution >= 0.6 is 11.3 Å². The van der Waals surface area contributed by atoms with E-state index in [9.17, 15) is 17.6 Å². The Kier molecular flexibility index (Phi) is 5.66. The summed E-state index contributed by atoms with van der Waals surface area (Å²) in [6.45, 7) is 1.57. The second kappa shape index (κ2) is 8.40. The average Bonchev–Trinajstić information content (AvgIpc) is 3.45. The summed E-state index contributed by atoms with van der Waals surface area (Å²) in [7, 11) is -3.32. The normalized spacial score (nSPS) is 11.4. The number of halogens is 1. The molecule has 2 heterocycles. The van der Waals surface area contributed by atoms with Gasteiger partial charge in [0.25, 0.3) is 5.91 Å². The molecule has 1 amide bonds. The Morgan fingerprint density at radius 2 is 1.81 bits per heavy atom. The van der Waals surface area contributed by atoms with E-state index in [1.807, 2.05) is 17.5 Å². The van der Waals surface area contributed by atoms with E-state index in [1.54, 1.807) is 19.1 Å². The fourth-order valence-corrected chi connectivity index (χ4v) is 4.42. The van der Waals surface area contributed by atoms with Gasteiger partial charge in [-0.3, -0.25) is 4.79 Å². The lowest BCUT2D eigenvalue weighted by Gasteiger charge is -2.05. The fourth-order valence-electron chi connectivity index (χ4n) is 2.84. The van der Waals surface area contributed by atoms with Crippen molar-refractivity contribution in [3.8, 4) is 16.4 Å². The Labute approximate surface area is 182 Å². The molecular formula is C21H17FN4O3S2. The van der Waals surface area contributed by atoms with Crippen LogP contribution in [0.5, 0.6) is 0 Å². The van der Waals surface area contributed by atoms with Crippen LogP contribution < -0.4 is 5.32 Å². The Bertz CT molecular complexity index is 1310. The standard InChI is InChI=1S/C21H17FN4O3S2/c1-2-31(28,29)17-11-7-15(8-12-17)23-21(27)19-24-20(18-4-3-13-30-18)26(25-19)16-9-5-14(22)6-10-16/h3-13H,2H2,1H3,(H,23,27). The average molecular weight is 457 g/mol. The lowest BCUT2D eigenvalue weighted by molar-refractivity contribution is 0.101. The van der Waals surface area contributed by atoms with Crippen LogP contribution in [0.2, 0.25) is 0 Å². The first-order chi connectivity index (χ1) is 14.9. The molecule has 158 valence electrons. The van der Waals surface area contributed by atoms with Crippen molar-refractivity contribution in [1.82, 2.24) is 14.8 Å². The highest BCUT2D eigenvalue weighted by Gasteiger charge is 2.20. The Hall–Kier alpha value is -3.37. The predicted molar refractivity (Wildman–Crippen MR) is 117 cm³/mol. The third-order valence-electron chi connectivity index (χ3n) is 4.47. The quantitative estimate of drug-likeness (QED) is 0.470. The first kappa shape index (κ1) is 20.9. The highest BCUT2D eigenvalue weighted by atomic mass is 32.2. The van der Waals surface area contributed by atoms with Crippen molar-refractivity contribution in [3.05, 3.63) is 77.7 Å². The zero-order valence-electron chi connectivity index (χ0n) is 16.3. The molecule has 31 heavy (non-hydrogen) atoms. The predicted octanol–water partition coefficient (Wildman–Crippen LogP) is 4.18. The number of sulfone groups is 1. The van der Waals surface area contributed by atoms with Crippen molar-refractivity contribution < 1.29 is 17.6 Å². The number of aromatic nitrogens is 3. The summed E-state index contributed by atoms with van der Waals surface area (Å²) in [6.07, 6.45) is 0. The molecule has 7 nitrogen and oxygen atoms in total. The van der Waals surface area contributed by atoms with Gasteiger partial charge in [-0.05, 0) is 60.0 Å². The molecule has 0 spiro atoms. The highest BCUT2D eigenvalue weighted by Crippen LogP contribution is 2.26. The van der Waals surface area contributed by atoms with E-state index >= 15 is 0 Å². The molecule has 4 rings (SSSR count). The van der Waals surface area contributed by atoms with Crippen molar-refractivity contribution in [2.45, 2.75) is 11.8 Å². The maximum absolute atomic E-state index is 13.3. The number of nitrogens with one attached hydrogen (secondary N) is 1. The molecule has 2 aromatic heterocycles. The van der Waals surface area contributed by atoms with Crippen molar-refractivity contribution >= 4 is 32.8 Å². The van der Waals surface area contributed by atoms with Gasteiger partial charge in [0.1, 0.15) is 5.82 Å². The van der Waals surface area contributed by atoms with E-state index < -0.39 is 15.7 Å².